The van der Waals surface area contributed by atoms with Crippen molar-refractivity contribution in [2.24, 2.45) is 0 Å². The van der Waals surface area contributed by atoms with Gasteiger partial charge in [-0.05, 0) is 50.7 Å². The summed E-state index contributed by atoms with van der Waals surface area (Å²) in [6, 6.07) is 16.4. The van der Waals surface area contributed by atoms with Gasteiger partial charge in [0.05, 0.1) is 10.9 Å². The van der Waals surface area contributed by atoms with E-state index in [4.69, 9.17) is 0 Å². The second-order valence-corrected chi connectivity index (χ2v) is 9.88. The molecule has 1 heterocycles. The molecule has 0 radical (unpaired) electrons. The number of carbonyl (C=O) groups is 1. The lowest BCUT2D eigenvalue weighted by atomic mass is 10.1. The van der Waals surface area contributed by atoms with Crippen LogP contribution in [-0.4, -0.2) is 57.3 Å². The summed E-state index contributed by atoms with van der Waals surface area (Å²) in [4.78, 5) is 15.0. The molecule has 1 unspecified atom stereocenters. The topological polar surface area (TPSA) is 69.7 Å². The first-order chi connectivity index (χ1) is 14.4. The third-order valence-corrected chi connectivity index (χ3v) is 7.46. The van der Waals surface area contributed by atoms with Gasteiger partial charge in [0.1, 0.15) is 0 Å². The highest BCUT2D eigenvalue weighted by molar-refractivity contribution is 7.89. The number of benzene rings is 2. The third-order valence-electron chi connectivity index (χ3n) is 5.56. The molecule has 0 saturated carbocycles. The Morgan fingerprint density at radius 3 is 2.30 bits per heavy atom. The number of hydrogen-bond acceptors (Lipinski definition) is 4. The third kappa shape index (κ3) is 5.47. The standard InChI is InChI=1S/C23H31N3O3S/c1-25(2)22(19-11-6-5-7-12-19)18-24-23(27)20-13-10-14-21(17-20)30(28,29)26-15-8-3-4-9-16-26/h5-7,10-14,17,22H,3-4,8-9,15-16,18H2,1-2H3,(H,24,27). The van der Waals surface area contributed by atoms with Gasteiger partial charge in [-0.2, -0.15) is 4.31 Å². The summed E-state index contributed by atoms with van der Waals surface area (Å²) in [6.07, 6.45) is 3.88. The zero-order valence-corrected chi connectivity index (χ0v) is 18.6. The van der Waals surface area contributed by atoms with Gasteiger partial charge in [-0.15, -0.1) is 0 Å². The Hall–Kier alpha value is -2.22. The fraction of sp³-hybridized carbons (Fsp3) is 0.435. The fourth-order valence-corrected chi connectivity index (χ4v) is 5.36. The number of likely N-dealkylation sites (N-methyl/N-ethyl adjacent to an activating group) is 1. The lowest BCUT2D eigenvalue weighted by molar-refractivity contribution is 0.0941. The molecule has 1 N–H and O–H groups in total. The number of hydrogen-bond donors (Lipinski definition) is 1. The van der Waals surface area contributed by atoms with Crippen molar-refractivity contribution in [1.29, 1.82) is 0 Å². The lowest BCUT2D eigenvalue weighted by Gasteiger charge is -2.25. The van der Waals surface area contributed by atoms with Gasteiger partial charge in [-0.1, -0.05) is 49.2 Å². The van der Waals surface area contributed by atoms with Crippen molar-refractivity contribution in [1.82, 2.24) is 14.5 Å². The molecular formula is C23H31N3O3S. The van der Waals surface area contributed by atoms with Gasteiger partial charge in [-0.25, -0.2) is 8.42 Å². The summed E-state index contributed by atoms with van der Waals surface area (Å²) in [5.74, 6) is -0.273. The van der Waals surface area contributed by atoms with Crippen molar-refractivity contribution in [3.63, 3.8) is 0 Å². The Balaban J connectivity index is 1.72. The van der Waals surface area contributed by atoms with Gasteiger partial charge in [0.2, 0.25) is 10.0 Å². The normalized spacial score (nSPS) is 16.8. The first kappa shape index (κ1) is 22.5. The van der Waals surface area contributed by atoms with Crippen LogP contribution in [0.2, 0.25) is 0 Å². The highest BCUT2D eigenvalue weighted by Gasteiger charge is 2.26. The molecule has 6 nitrogen and oxygen atoms in total. The Morgan fingerprint density at radius 2 is 1.67 bits per heavy atom. The second-order valence-electron chi connectivity index (χ2n) is 7.95. The van der Waals surface area contributed by atoms with Crippen molar-refractivity contribution in [3.8, 4) is 0 Å². The predicted octanol–water partition coefficient (Wildman–Crippen LogP) is 3.28. The quantitative estimate of drug-likeness (QED) is 0.733. The van der Waals surface area contributed by atoms with E-state index < -0.39 is 10.0 Å². The van der Waals surface area contributed by atoms with E-state index in [1.54, 1.807) is 22.5 Å². The van der Waals surface area contributed by atoms with Crippen LogP contribution >= 0.6 is 0 Å². The smallest absolute Gasteiger partial charge is 0.251 e. The Bertz CT molecular complexity index is 937. The molecule has 1 fully saturated rings. The van der Waals surface area contributed by atoms with Gasteiger partial charge in [0, 0.05) is 25.2 Å². The average molecular weight is 430 g/mol. The molecule has 1 atom stereocenters. The van der Waals surface area contributed by atoms with Crippen LogP contribution in [0.4, 0.5) is 0 Å². The minimum atomic E-state index is -3.58. The molecule has 1 aliphatic rings. The Labute approximate surface area is 179 Å². The van der Waals surface area contributed by atoms with E-state index in [9.17, 15) is 13.2 Å². The van der Waals surface area contributed by atoms with Gasteiger partial charge >= 0.3 is 0 Å². The molecule has 30 heavy (non-hydrogen) atoms. The zero-order valence-electron chi connectivity index (χ0n) is 17.8. The molecule has 0 spiro atoms. The lowest BCUT2D eigenvalue weighted by Crippen LogP contribution is -2.35. The molecular weight excluding hydrogens is 398 g/mol. The minimum absolute atomic E-state index is 0.0270. The van der Waals surface area contributed by atoms with E-state index in [0.29, 0.717) is 25.2 Å². The van der Waals surface area contributed by atoms with Crippen molar-refractivity contribution >= 4 is 15.9 Å². The summed E-state index contributed by atoms with van der Waals surface area (Å²) in [6.45, 7) is 1.51. The van der Waals surface area contributed by atoms with E-state index >= 15 is 0 Å². The maximum Gasteiger partial charge on any atom is 0.251 e. The first-order valence-electron chi connectivity index (χ1n) is 10.5. The zero-order chi connectivity index (χ0) is 21.6. The highest BCUT2D eigenvalue weighted by atomic mass is 32.2. The number of rotatable bonds is 7. The summed E-state index contributed by atoms with van der Waals surface area (Å²) in [5.41, 5.74) is 1.47. The van der Waals surface area contributed by atoms with Crippen LogP contribution in [0.5, 0.6) is 0 Å². The monoisotopic (exact) mass is 429 g/mol. The highest BCUT2D eigenvalue weighted by Crippen LogP contribution is 2.21. The molecule has 0 aliphatic carbocycles. The first-order valence-corrected chi connectivity index (χ1v) is 11.9. The van der Waals surface area contributed by atoms with Crippen LogP contribution in [0.1, 0.15) is 47.6 Å². The Kier molecular flexibility index (Phi) is 7.64. The van der Waals surface area contributed by atoms with Gasteiger partial charge in [-0.3, -0.25) is 4.79 Å². The Morgan fingerprint density at radius 1 is 1.00 bits per heavy atom. The number of nitrogens with zero attached hydrogens (tertiary/aromatic N) is 2. The summed E-state index contributed by atoms with van der Waals surface area (Å²) < 4.78 is 27.6. The molecule has 1 aliphatic heterocycles. The molecule has 1 amide bonds. The summed E-state index contributed by atoms with van der Waals surface area (Å²) in [7, 11) is 0.357. The molecule has 0 aromatic heterocycles. The number of sulfonamides is 1. The van der Waals surface area contributed by atoms with Crippen molar-refractivity contribution in [3.05, 3.63) is 65.7 Å². The van der Waals surface area contributed by atoms with Gasteiger partial charge < -0.3 is 10.2 Å². The molecule has 2 aromatic rings. The molecule has 3 rings (SSSR count). The molecule has 162 valence electrons. The summed E-state index contributed by atoms with van der Waals surface area (Å²) in [5, 5.41) is 2.96. The van der Waals surface area contributed by atoms with E-state index in [2.05, 4.69) is 10.2 Å². The number of nitrogens with one attached hydrogen (secondary N) is 1. The van der Waals surface area contributed by atoms with Crippen LogP contribution in [0.15, 0.2) is 59.5 Å². The van der Waals surface area contributed by atoms with E-state index in [1.807, 2.05) is 44.4 Å². The maximum atomic E-state index is 13.0. The second kappa shape index (κ2) is 10.2. The van der Waals surface area contributed by atoms with E-state index in [1.165, 1.54) is 6.07 Å². The van der Waals surface area contributed by atoms with Crippen LogP contribution in [-0.2, 0) is 10.0 Å². The fourth-order valence-electron chi connectivity index (χ4n) is 3.79. The minimum Gasteiger partial charge on any atom is -0.350 e. The largest absolute Gasteiger partial charge is 0.350 e. The van der Waals surface area contributed by atoms with Gasteiger partial charge in [0.15, 0.2) is 0 Å². The van der Waals surface area contributed by atoms with Crippen LogP contribution < -0.4 is 5.32 Å². The maximum absolute atomic E-state index is 13.0. The van der Waals surface area contributed by atoms with Crippen LogP contribution in [0.25, 0.3) is 0 Å². The predicted molar refractivity (Wildman–Crippen MR) is 119 cm³/mol. The molecule has 2 aromatic carbocycles. The van der Waals surface area contributed by atoms with Crippen molar-refractivity contribution in [2.45, 2.75) is 36.6 Å². The molecule has 0 bridgehead atoms. The van der Waals surface area contributed by atoms with Crippen LogP contribution in [0.3, 0.4) is 0 Å². The van der Waals surface area contributed by atoms with Gasteiger partial charge in [0.25, 0.3) is 5.91 Å². The van der Waals surface area contributed by atoms with E-state index in [-0.39, 0.29) is 16.8 Å². The van der Waals surface area contributed by atoms with E-state index in [0.717, 1.165) is 31.2 Å². The number of amides is 1. The van der Waals surface area contributed by atoms with Crippen molar-refractivity contribution in [2.75, 3.05) is 33.7 Å². The summed E-state index contributed by atoms with van der Waals surface area (Å²) >= 11 is 0. The molecule has 7 heteroatoms. The van der Waals surface area contributed by atoms with Crippen LogP contribution in [0, 0.1) is 0 Å². The average Bonchev–Trinajstić information content (AvgIpc) is 3.04. The number of carbonyl (C=O) groups excluding carboxylic acids is 1. The SMILES string of the molecule is CN(C)C(CNC(=O)c1cccc(S(=O)(=O)N2CCCCCC2)c1)c1ccccc1. The van der Waals surface area contributed by atoms with Crippen molar-refractivity contribution < 1.29 is 13.2 Å². The molecule has 1 saturated heterocycles.